The number of rotatable bonds is 8. The second kappa shape index (κ2) is 8.97. The highest BCUT2D eigenvalue weighted by Crippen LogP contribution is 2.17. The summed E-state index contributed by atoms with van der Waals surface area (Å²) in [5, 5.41) is 11.5. The van der Waals surface area contributed by atoms with E-state index in [1.807, 2.05) is 19.1 Å². The van der Waals surface area contributed by atoms with Gasteiger partial charge < -0.3 is 20.1 Å². The number of urea groups is 1. The minimum absolute atomic E-state index is 0.0348. The van der Waals surface area contributed by atoms with Gasteiger partial charge in [0.05, 0.1) is 6.61 Å². The Kier molecular flexibility index (Phi) is 7.25. The molecule has 0 aliphatic rings. The van der Waals surface area contributed by atoms with Crippen molar-refractivity contribution in [2.45, 2.75) is 19.8 Å². The number of nitrogens with one attached hydrogen (secondary N) is 1. The van der Waals surface area contributed by atoms with Crippen molar-refractivity contribution >= 4 is 17.7 Å². The molecule has 2 N–H and O–H groups in total. The molecule has 116 valence electrons. The lowest BCUT2D eigenvalue weighted by Crippen LogP contribution is -2.34. The summed E-state index contributed by atoms with van der Waals surface area (Å²) in [5.41, 5.74) is 1.46. The van der Waals surface area contributed by atoms with Gasteiger partial charge in [0.25, 0.3) is 0 Å². The van der Waals surface area contributed by atoms with Crippen LogP contribution in [0.25, 0.3) is 0 Å². The number of carboxylic acid groups (broad SMARTS) is 1. The molecule has 0 bridgehead atoms. The Morgan fingerprint density at radius 2 is 2.05 bits per heavy atom. The van der Waals surface area contributed by atoms with Crippen LogP contribution in [0.2, 0.25) is 0 Å². The first-order valence-corrected chi connectivity index (χ1v) is 6.94. The number of anilines is 1. The second-order valence-electron chi connectivity index (χ2n) is 4.60. The molecule has 0 aromatic heterocycles. The van der Waals surface area contributed by atoms with Crippen LogP contribution in [0, 0.1) is 0 Å². The average Bonchev–Trinajstić information content (AvgIpc) is 2.46. The maximum absolute atomic E-state index is 12.0. The van der Waals surface area contributed by atoms with Gasteiger partial charge >= 0.3 is 12.0 Å². The van der Waals surface area contributed by atoms with Crippen molar-refractivity contribution in [2.24, 2.45) is 0 Å². The molecular formula is C15H22N2O4. The molecule has 0 unspecified atom stereocenters. The smallest absolute Gasteiger partial charge is 0.321 e. The lowest BCUT2D eigenvalue weighted by Gasteiger charge is -2.19. The number of para-hydroxylation sites is 1. The van der Waals surface area contributed by atoms with E-state index in [1.54, 1.807) is 19.2 Å². The van der Waals surface area contributed by atoms with Gasteiger partial charge in [-0.05, 0) is 25.0 Å². The molecule has 6 heteroatoms. The third-order valence-corrected chi connectivity index (χ3v) is 2.99. The van der Waals surface area contributed by atoms with Gasteiger partial charge in [-0.3, -0.25) is 4.79 Å². The second-order valence-corrected chi connectivity index (χ2v) is 4.60. The third-order valence-electron chi connectivity index (χ3n) is 2.99. The number of amides is 2. The van der Waals surface area contributed by atoms with Gasteiger partial charge in [-0.1, -0.05) is 18.2 Å². The number of likely N-dealkylation sites (N-methyl/N-ethyl adjacent to an activating group) is 1. The lowest BCUT2D eigenvalue weighted by molar-refractivity contribution is -0.136. The summed E-state index contributed by atoms with van der Waals surface area (Å²) in [5.74, 6) is -0.857. The number of aliphatic carboxylic acids is 1. The van der Waals surface area contributed by atoms with Crippen molar-refractivity contribution in [1.29, 1.82) is 0 Å². The van der Waals surface area contributed by atoms with E-state index in [2.05, 4.69) is 5.32 Å². The first-order valence-electron chi connectivity index (χ1n) is 6.94. The fraction of sp³-hybridized carbons (Fsp3) is 0.467. The molecule has 0 saturated heterocycles. The maximum Gasteiger partial charge on any atom is 0.321 e. The number of aryl methyl sites for hydroxylation is 1. The zero-order valence-corrected chi connectivity index (χ0v) is 12.5. The van der Waals surface area contributed by atoms with Crippen LogP contribution >= 0.6 is 0 Å². The van der Waals surface area contributed by atoms with Crippen molar-refractivity contribution < 1.29 is 19.4 Å². The van der Waals surface area contributed by atoms with Gasteiger partial charge in [-0.25, -0.2) is 4.79 Å². The highest BCUT2D eigenvalue weighted by molar-refractivity contribution is 5.90. The number of nitrogens with zero attached hydrogens (tertiary/aromatic N) is 1. The van der Waals surface area contributed by atoms with Crippen LogP contribution in [0.4, 0.5) is 10.5 Å². The molecule has 0 aliphatic heterocycles. The van der Waals surface area contributed by atoms with E-state index >= 15 is 0 Å². The standard InChI is InChI=1S/C15H22N2O4/c1-3-21-11-10-17(2)15(20)16-13-7-5-4-6-12(13)8-9-14(18)19/h4-7H,3,8-11H2,1-2H3,(H,16,20)(H,18,19). The Bertz CT molecular complexity index is 476. The lowest BCUT2D eigenvalue weighted by atomic mass is 10.1. The SMILES string of the molecule is CCOCCN(C)C(=O)Nc1ccccc1CCC(=O)O. The predicted octanol–water partition coefficient (Wildman–Crippen LogP) is 2.20. The van der Waals surface area contributed by atoms with E-state index in [4.69, 9.17) is 9.84 Å². The number of carbonyl (C=O) groups excluding carboxylic acids is 1. The van der Waals surface area contributed by atoms with Crippen molar-refractivity contribution in [2.75, 3.05) is 32.1 Å². The van der Waals surface area contributed by atoms with E-state index in [0.717, 1.165) is 5.56 Å². The predicted molar refractivity (Wildman–Crippen MR) is 80.5 cm³/mol. The van der Waals surface area contributed by atoms with Gasteiger partial charge in [0.15, 0.2) is 0 Å². The van der Waals surface area contributed by atoms with Gasteiger partial charge in [0.2, 0.25) is 0 Å². The van der Waals surface area contributed by atoms with Crippen LogP contribution in [-0.4, -0.2) is 48.8 Å². The van der Waals surface area contributed by atoms with Gasteiger partial charge in [-0.2, -0.15) is 0 Å². The summed E-state index contributed by atoms with van der Waals surface area (Å²) < 4.78 is 5.21. The topological polar surface area (TPSA) is 78.9 Å². The van der Waals surface area contributed by atoms with Gasteiger partial charge in [-0.15, -0.1) is 0 Å². The largest absolute Gasteiger partial charge is 0.481 e. The normalized spacial score (nSPS) is 10.2. The molecule has 0 radical (unpaired) electrons. The van der Waals surface area contributed by atoms with E-state index in [0.29, 0.717) is 31.9 Å². The molecular weight excluding hydrogens is 272 g/mol. The summed E-state index contributed by atoms with van der Waals surface area (Å²) in [6.45, 7) is 3.50. The van der Waals surface area contributed by atoms with Crippen LogP contribution < -0.4 is 5.32 Å². The summed E-state index contributed by atoms with van der Waals surface area (Å²) >= 11 is 0. The zero-order valence-electron chi connectivity index (χ0n) is 12.5. The number of benzene rings is 1. The van der Waals surface area contributed by atoms with Crippen LogP contribution in [0.5, 0.6) is 0 Å². The van der Waals surface area contributed by atoms with E-state index in [9.17, 15) is 9.59 Å². The summed E-state index contributed by atoms with van der Waals surface area (Å²) in [4.78, 5) is 24.2. The van der Waals surface area contributed by atoms with E-state index in [-0.39, 0.29) is 12.5 Å². The molecule has 21 heavy (non-hydrogen) atoms. The molecule has 2 amide bonds. The van der Waals surface area contributed by atoms with E-state index < -0.39 is 5.97 Å². The molecule has 0 spiro atoms. The Hall–Kier alpha value is -2.08. The molecule has 0 fully saturated rings. The third kappa shape index (κ3) is 6.27. The minimum Gasteiger partial charge on any atom is -0.481 e. The van der Waals surface area contributed by atoms with E-state index in [1.165, 1.54) is 4.90 Å². The average molecular weight is 294 g/mol. The number of hydrogen-bond donors (Lipinski definition) is 2. The molecule has 0 aliphatic carbocycles. The molecule has 0 heterocycles. The Balaban J connectivity index is 2.60. The summed E-state index contributed by atoms with van der Waals surface area (Å²) in [6.07, 6.45) is 0.418. The molecule has 6 nitrogen and oxygen atoms in total. The summed E-state index contributed by atoms with van der Waals surface area (Å²) in [7, 11) is 1.69. The number of ether oxygens (including phenoxy) is 1. The van der Waals surface area contributed by atoms with Crippen molar-refractivity contribution in [3.8, 4) is 0 Å². The maximum atomic E-state index is 12.0. The van der Waals surface area contributed by atoms with Crippen molar-refractivity contribution in [3.05, 3.63) is 29.8 Å². The van der Waals surface area contributed by atoms with Crippen molar-refractivity contribution in [1.82, 2.24) is 4.90 Å². The van der Waals surface area contributed by atoms with Crippen LogP contribution in [0.15, 0.2) is 24.3 Å². The van der Waals surface area contributed by atoms with Crippen molar-refractivity contribution in [3.63, 3.8) is 0 Å². The monoisotopic (exact) mass is 294 g/mol. The molecule has 0 atom stereocenters. The fourth-order valence-electron chi connectivity index (χ4n) is 1.76. The fourth-order valence-corrected chi connectivity index (χ4v) is 1.76. The molecule has 1 rings (SSSR count). The zero-order chi connectivity index (χ0) is 15.7. The quantitative estimate of drug-likeness (QED) is 0.720. The first-order chi connectivity index (χ1) is 10.0. The highest BCUT2D eigenvalue weighted by Gasteiger charge is 2.11. The van der Waals surface area contributed by atoms with Gasteiger partial charge in [0.1, 0.15) is 0 Å². The molecule has 0 saturated carbocycles. The van der Waals surface area contributed by atoms with Crippen LogP contribution in [0.3, 0.4) is 0 Å². The van der Waals surface area contributed by atoms with Crippen LogP contribution in [-0.2, 0) is 16.0 Å². The minimum atomic E-state index is -0.857. The first kappa shape index (κ1) is 17.0. The number of carbonyl (C=O) groups is 2. The number of hydrogen-bond acceptors (Lipinski definition) is 3. The Morgan fingerprint density at radius 1 is 1.33 bits per heavy atom. The molecule has 1 aromatic carbocycles. The van der Waals surface area contributed by atoms with Gasteiger partial charge in [0, 0.05) is 32.3 Å². The molecule has 1 aromatic rings. The summed E-state index contributed by atoms with van der Waals surface area (Å²) in [6, 6.07) is 6.98. The highest BCUT2D eigenvalue weighted by atomic mass is 16.5. The van der Waals surface area contributed by atoms with Crippen LogP contribution in [0.1, 0.15) is 18.9 Å². The Morgan fingerprint density at radius 3 is 2.71 bits per heavy atom. The Labute approximate surface area is 124 Å². The number of carboxylic acids is 1.